The Hall–Kier alpha value is -2.95. The van der Waals surface area contributed by atoms with E-state index < -0.39 is 0 Å². The summed E-state index contributed by atoms with van der Waals surface area (Å²) in [5, 5.41) is 4.19. The molecular weight excluding hydrogens is 316 g/mol. The van der Waals surface area contributed by atoms with Gasteiger partial charge in [0.1, 0.15) is 0 Å². The lowest BCUT2D eigenvalue weighted by molar-refractivity contribution is -0.121. The van der Waals surface area contributed by atoms with E-state index >= 15 is 0 Å². The second-order valence-corrected chi connectivity index (χ2v) is 6.36. The topological polar surface area (TPSA) is 52.5 Å². The number of amides is 1. The van der Waals surface area contributed by atoms with Crippen molar-refractivity contribution in [1.29, 1.82) is 0 Å². The number of nitrogens with one attached hydrogen (secondary N) is 1. The second-order valence-electron chi connectivity index (χ2n) is 6.36. The number of hydrogen-bond donors (Lipinski definition) is 1. The van der Waals surface area contributed by atoms with Crippen molar-refractivity contribution < 1.29 is 14.3 Å². The Labute approximate surface area is 146 Å². The normalized spacial score (nSPS) is 13.8. The van der Waals surface area contributed by atoms with Crippen molar-refractivity contribution >= 4 is 16.8 Å². The zero-order valence-corrected chi connectivity index (χ0v) is 14.3. The number of nitrogens with zero attached hydrogens (tertiary/aromatic N) is 1. The number of rotatable bonds is 4. The maximum absolute atomic E-state index is 12.5. The molecule has 5 nitrogen and oxygen atoms in total. The standard InChI is InChI=1S/C20H20N2O3/c1-13(14-7-8-18-19(9-14)25-12-24-18)21-20(23)10-15-11-22(2)17-6-4-3-5-16(15)17/h3-9,11,13H,10,12H2,1-2H3,(H,21,23). The van der Waals surface area contributed by atoms with Crippen LogP contribution in [0.1, 0.15) is 24.1 Å². The molecule has 25 heavy (non-hydrogen) atoms. The molecule has 1 aliphatic heterocycles. The molecule has 4 rings (SSSR count). The summed E-state index contributed by atoms with van der Waals surface area (Å²) in [7, 11) is 2.00. The van der Waals surface area contributed by atoms with Crippen molar-refractivity contribution in [2.45, 2.75) is 19.4 Å². The molecule has 0 aliphatic carbocycles. The number of carbonyl (C=O) groups excluding carboxylic acids is 1. The fraction of sp³-hybridized carbons (Fsp3) is 0.250. The Morgan fingerprint density at radius 3 is 2.88 bits per heavy atom. The molecule has 5 heteroatoms. The van der Waals surface area contributed by atoms with Gasteiger partial charge in [-0.2, -0.15) is 0 Å². The van der Waals surface area contributed by atoms with Crippen molar-refractivity contribution in [3.05, 3.63) is 59.8 Å². The third-order valence-corrected chi connectivity index (χ3v) is 4.60. The molecule has 128 valence electrons. The van der Waals surface area contributed by atoms with Crippen LogP contribution in [0, 0.1) is 0 Å². The maximum Gasteiger partial charge on any atom is 0.231 e. The van der Waals surface area contributed by atoms with Gasteiger partial charge >= 0.3 is 0 Å². The minimum absolute atomic E-state index is 0.00141. The van der Waals surface area contributed by atoms with E-state index in [1.165, 1.54) is 0 Å². The molecule has 2 heterocycles. The Morgan fingerprint density at radius 2 is 2.00 bits per heavy atom. The number of aromatic nitrogens is 1. The van der Waals surface area contributed by atoms with E-state index in [0.717, 1.165) is 33.5 Å². The van der Waals surface area contributed by atoms with Gasteiger partial charge in [-0.1, -0.05) is 24.3 Å². The smallest absolute Gasteiger partial charge is 0.231 e. The predicted octanol–water partition coefficient (Wildman–Crippen LogP) is 3.33. The molecular formula is C20H20N2O3. The van der Waals surface area contributed by atoms with Crippen LogP contribution in [0.25, 0.3) is 10.9 Å². The second kappa shape index (κ2) is 6.16. The molecule has 1 aromatic heterocycles. The van der Waals surface area contributed by atoms with Crippen LogP contribution in [0.5, 0.6) is 11.5 Å². The molecule has 2 aromatic carbocycles. The molecule has 0 radical (unpaired) electrons. The molecule has 0 saturated heterocycles. The van der Waals surface area contributed by atoms with Crippen molar-refractivity contribution in [2.24, 2.45) is 7.05 Å². The number of hydrogen-bond acceptors (Lipinski definition) is 3. The van der Waals surface area contributed by atoms with Gasteiger partial charge in [-0.25, -0.2) is 0 Å². The molecule has 0 fully saturated rings. The average Bonchev–Trinajstić information content (AvgIpc) is 3.19. The van der Waals surface area contributed by atoms with Crippen molar-refractivity contribution in [3.8, 4) is 11.5 Å². The third kappa shape index (κ3) is 2.93. The molecule has 0 spiro atoms. The molecule has 0 saturated carbocycles. The van der Waals surface area contributed by atoms with Crippen molar-refractivity contribution in [1.82, 2.24) is 9.88 Å². The Kier molecular flexibility index (Phi) is 3.84. The first kappa shape index (κ1) is 15.6. The summed E-state index contributed by atoms with van der Waals surface area (Å²) in [5.74, 6) is 1.48. The summed E-state index contributed by atoms with van der Waals surface area (Å²) in [5.41, 5.74) is 3.16. The largest absolute Gasteiger partial charge is 0.454 e. The van der Waals surface area contributed by atoms with Crippen LogP contribution < -0.4 is 14.8 Å². The summed E-state index contributed by atoms with van der Waals surface area (Å²) in [6.45, 7) is 2.22. The minimum atomic E-state index is -0.100. The van der Waals surface area contributed by atoms with Gasteiger partial charge in [0.15, 0.2) is 11.5 Å². The lowest BCUT2D eigenvalue weighted by Crippen LogP contribution is -2.28. The molecule has 1 N–H and O–H groups in total. The summed E-state index contributed by atoms with van der Waals surface area (Å²) in [4.78, 5) is 12.5. The van der Waals surface area contributed by atoms with E-state index in [1.807, 2.05) is 50.5 Å². The van der Waals surface area contributed by atoms with Gasteiger partial charge in [0.25, 0.3) is 0 Å². The zero-order chi connectivity index (χ0) is 17.4. The van der Waals surface area contributed by atoms with E-state index in [0.29, 0.717) is 6.42 Å². The van der Waals surface area contributed by atoms with Gasteiger partial charge < -0.3 is 19.4 Å². The molecule has 3 aromatic rings. The van der Waals surface area contributed by atoms with Crippen LogP contribution >= 0.6 is 0 Å². The fourth-order valence-electron chi connectivity index (χ4n) is 3.30. The number of benzene rings is 2. The van der Waals surface area contributed by atoms with E-state index in [-0.39, 0.29) is 18.7 Å². The van der Waals surface area contributed by atoms with Crippen LogP contribution in [0.15, 0.2) is 48.7 Å². The minimum Gasteiger partial charge on any atom is -0.454 e. The number of para-hydroxylation sites is 1. The average molecular weight is 336 g/mol. The van der Waals surface area contributed by atoms with E-state index in [2.05, 4.69) is 22.0 Å². The lowest BCUT2D eigenvalue weighted by Gasteiger charge is -2.14. The highest BCUT2D eigenvalue weighted by Crippen LogP contribution is 2.34. The quantitative estimate of drug-likeness (QED) is 0.795. The van der Waals surface area contributed by atoms with Gasteiger partial charge in [-0.15, -0.1) is 0 Å². The van der Waals surface area contributed by atoms with Crippen LogP contribution in [-0.4, -0.2) is 17.3 Å². The molecule has 1 amide bonds. The number of fused-ring (bicyclic) bond motifs is 2. The lowest BCUT2D eigenvalue weighted by atomic mass is 10.1. The highest BCUT2D eigenvalue weighted by atomic mass is 16.7. The Balaban J connectivity index is 1.48. The van der Waals surface area contributed by atoms with Crippen molar-refractivity contribution in [2.75, 3.05) is 6.79 Å². The Bertz CT molecular complexity index is 945. The number of ether oxygens (including phenoxy) is 2. The number of aryl methyl sites for hydroxylation is 1. The van der Waals surface area contributed by atoms with E-state index in [9.17, 15) is 4.79 Å². The zero-order valence-electron chi connectivity index (χ0n) is 14.3. The first-order chi connectivity index (χ1) is 12.1. The summed E-state index contributed by atoms with van der Waals surface area (Å²) in [6.07, 6.45) is 2.38. The number of carbonyl (C=O) groups is 1. The monoisotopic (exact) mass is 336 g/mol. The van der Waals surface area contributed by atoms with Crippen molar-refractivity contribution in [3.63, 3.8) is 0 Å². The fourth-order valence-corrected chi connectivity index (χ4v) is 3.30. The van der Waals surface area contributed by atoms with Gasteiger partial charge in [0, 0.05) is 24.1 Å². The van der Waals surface area contributed by atoms with Gasteiger partial charge in [0.2, 0.25) is 12.7 Å². The van der Waals surface area contributed by atoms with Crippen LogP contribution in [0.3, 0.4) is 0 Å². The first-order valence-electron chi connectivity index (χ1n) is 8.33. The first-order valence-corrected chi connectivity index (χ1v) is 8.33. The third-order valence-electron chi connectivity index (χ3n) is 4.60. The Morgan fingerprint density at radius 1 is 1.20 bits per heavy atom. The van der Waals surface area contributed by atoms with Crippen LogP contribution in [0.4, 0.5) is 0 Å². The SMILES string of the molecule is CC(NC(=O)Cc1cn(C)c2ccccc12)c1ccc2c(c1)OCO2. The van der Waals surface area contributed by atoms with Gasteiger partial charge in [-0.05, 0) is 36.2 Å². The van der Waals surface area contributed by atoms with Gasteiger partial charge in [0.05, 0.1) is 12.5 Å². The van der Waals surface area contributed by atoms with Gasteiger partial charge in [-0.3, -0.25) is 4.79 Å². The highest BCUT2D eigenvalue weighted by molar-refractivity contribution is 5.89. The maximum atomic E-state index is 12.5. The summed E-state index contributed by atoms with van der Waals surface area (Å²) in [6, 6.07) is 13.8. The molecule has 1 unspecified atom stereocenters. The van der Waals surface area contributed by atoms with Crippen LogP contribution in [-0.2, 0) is 18.3 Å². The molecule has 0 bridgehead atoms. The summed E-state index contributed by atoms with van der Waals surface area (Å²) >= 11 is 0. The predicted molar refractivity (Wildman–Crippen MR) is 95.7 cm³/mol. The van der Waals surface area contributed by atoms with E-state index in [1.54, 1.807) is 0 Å². The van der Waals surface area contributed by atoms with Crippen LogP contribution in [0.2, 0.25) is 0 Å². The summed E-state index contributed by atoms with van der Waals surface area (Å²) < 4.78 is 12.8. The molecule has 1 atom stereocenters. The highest BCUT2D eigenvalue weighted by Gasteiger charge is 2.17. The molecule has 1 aliphatic rings. The van der Waals surface area contributed by atoms with E-state index in [4.69, 9.17) is 9.47 Å².